The molecule has 0 aliphatic rings. The van der Waals surface area contributed by atoms with E-state index in [0.29, 0.717) is 17.7 Å². The van der Waals surface area contributed by atoms with Gasteiger partial charge in [-0.1, -0.05) is 52.3 Å². The minimum atomic E-state index is -0.953. The van der Waals surface area contributed by atoms with E-state index in [9.17, 15) is 9.90 Å². The number of aromatic carboxylic acids is 1. The summed E-state index contributed by atoms with van der Waals surface area (Å²) in [7, 11) is 0. The molecule has 0 aliphatic heterocycles. The predicted molar refractivity (Wildman–Crippen MR) is 89.4 cm³/mol. The van der Waals surface area contributed by atoms with Crippen molar-refractivity contribution in [2.75, 3.05) is 0 Å². The fourth-order valence-electron chi connectivity index (χ4n) is 2.35. The molecule has 3 aromatic rings. The lowest BCUT2D eigenvalue weighted by molar-refractivity contribution is 0.0698. The van der Waals surface area contributed by atoms with Gasteiger partial charge in [-0.15, -0.1) is 0 Å². The van der Waals surface area contributed by atoms with Gasteiger partial charge < -0.3 is 9.84 Å². The highest BCUT2D eigenvalue weighted by Gasteiger charge is 2.12. The lowest BCUT2D eigenvalue weighted by atomic mass is 10.0. The molecule has 0 radical (unpaired) electrons. The monoisotopic (exact) mass is 356 g/mol. The van der Waals surface area contributed by atoms with Crippen molar-refractivity contribution in [1.29, 1.82) is 0 Å². The van der Waals surface area contributed by atoms with Gasteiger partial charge in [0, 0.05) is 9.86 Å². The third-order valence-corrected chi connectivity index (χ3v) is 3.93. The van der Waals surface area contributed by atoms with Crippen molar-refractivity contribution < 1.29 is 14.6 Å². The molecule has 1 N–H and O–H groups in total. The number of fused-ring (bicyclic) bond motifs is 1. The molecule has 3 nitrogen and oxygen atoms in total. The Morgan fingerprint density at radius 1 is 1.00 bits per heavy atom. The average Bonchev–Trinajstić information content (AvgIpc) is 2.53. The van der Waals surface area contributed by atoms with Crippen LogP contribution in [0.15, 0.2) is 65.1 Å². The minimum absolute atomic E-state index is 0.254. The molecule has 0 bridgehead atoms. The SMILES string of the molecule is O=C(O)c1cccc2cccc(OCc3ccc(Br)cc3)c12. The van der Waals surface area contributed by atoms with E-state index < -0.39 is 5.97 Å². The van der Waals surface area contributed by atoms with Crippen LogP contribution < -0.4 is 4.74 Å². The molecule has 0 aliphatic carbocycles. The predicted octanol–water partition coefficient (Wildman–Crippen LogP) is 4.88. The Morgan fingerprint density at radius 2 is 1.68 bits per heavy atom. The molecule has 0 saturated carbocycles. The van der Waals surface area contributed by atoms with Crippen LogP contribution in [-0.4, -0.2) is 11.1 Å². The van der Waals surface area contributed by atoms with E-state index in [2.05, 4.69) is 15.9 Å². The van der Waals surface area contributed by atoms with Gasteiger partial charge in [-0.2, -0.15) is 0 Å². The quantitative estimate of drug-likeness (QED) is 0.724. The van der Waals surface area contributed by atoms with Crippen molar-refractivity contribution >= 4 is 32.7 Å². The van der Waals surface area contributed by atoms with E-state index in [1.165, 1.54) is 0 Å². The van der Waals surface area contributed by atoms with Crippen molar-refractivity contribution in [2.24, 2.45) is 0 Å². The first-order valence-corrected chi connectivity index (χ1v) is 7.57. The highest BCUT2D eigenvalue weighted by molar-refractivity contribution is 9.10. The van der Waals surface area contributed by atoms with Crippen molar-refractivity contribution in [3.63, 3.8) is 0 Å². The zero-order chi connectivity index (χ0) is 15.5. The minimum Gasteiger partial charge on any atom is -0.488 e. The molecule has 0 atom stereocenters. The smallest absolute Gasteiger partial charge is 0.336 e. The van der Waals surface area contributed by atoms with Crippen LogP contribution in [0.2, 0.25) is 0 Å². The number of carbonyl (C=O) groups is 1. The molecule has 22 heavy (non-hydrogen) atoms. The molecular weight excluding hydrogens is 344 g/mol. The van der Waals surface area contributed by atoms with Gasteiger partial charge in [-0.25, -0.2) is 4.79 Å². The maximum absolute atomic E-state index is 11.4. The Hall–Kier alpha value is -2.33. The number of rotatable bonds is 4. The van der Waals surface area contributed by atoms with E-state index in [1.807, 2.05) is 42.5 Å². The fourth-order valence-corrected chi connectivity index (χ4v) is 2.61. The first kappa shape index (κ1) is 14.6. The second-order valence-electron chi connectivity index (χ2n) is 4.88. The molecule has 3 rings (SSSR count). The van der Waals surface area contributed by atoms with Gasteiger partial charge in [0.05, 0.1) is 5.56 Å². The molecule has 0 aromatic heterocycles. The Morgan fingerprint density at radius 3 is 2.36 bits per heavy atom. The van der Waals surface area contributed by atoms with E-state index in [4.69, 9.17) is 4.74 Å². The summed E-state index contributed by atoms with van der Waals surface area (Å²) >= 11 is 3.39. The number of benzene rings is 3. The summed E-state index contributed by atoms with van der Waals surface area (Å²) in [5.41, 5.74) is 1.27. The molecule has 3 aromatic carbocycles. The van der Waals surface area contributed by atoms with E-state index in [-0.39, 0.29) is 5.56 Å². The molecule has 0 spiro atoms. The van der Waals surface area contributed by atoms with Crippen LogP contribution >= 0.6 is 15.9 Å². The molecule has 0 unspecified atom stereocenters. The van der Waals surface area contributed by atoms with Crippen molar-refractivity contribution in [3.8, 4) is 5.75 Å². The largest absolute Gasteiger partial charge is 0.488 e. The summed E-state index contributed by atoms with van der Waals surface area (Å²) in [6.07, 6.45) is 0. The first-order chi connectivity index (χ1) is 10.6. The van der Waals surface area contributed by atoms with Crippen molar-refractivity contribution in [1.82, 2.24) is 0 Å². The summed E-state index contributed by atoms with van der Waals surface area (Å²) in [6, 6.07) is 18.6. The van der Waals surface area contributed by atoms with Crippen LogP contribution in [0, 0.1) is 0 Å². The lowest BCUT2D eigenvalue weighted by Gasteiger charge is -2.11. The second kappa shape index (κ2) is 6.20. The van der Waals surface area contributed by atoms with Crippen LogP contribution in [0.4, 0.5) is 0 Å². The van der Waals surface area contributed by atoms with Gasteiger partial charge in [0.25, 0.3) is 0 Å². The third-order valence-electron chi connectivity index (χ3n) is 3.40. The van der Waals surface area contributed by atoms with Gasteiger partial charge in [0.15, 0.2) is 0 Å². The number of carboxylic acids is 1. The van der Waals surface area contributed by atoms with Crippen LogP contribution in [0.25, 0.3) is 10.8 Å². The van der Waals surface area contributed by atoms with E-state index >= 15 is 0 Å². The molecule has 0 heterocycles. The maximum atomic E-state index is 11.4. The summed E-state index contributed by atoms with van der Waals surface area (Å²) in [5, 5.41) is 10.9. The average molecular weight is 357 g/mol. The lowest BCUT2D eigenvalue weighted by Crippen LogP contribution is -2.01. The number of hydrogen-bond donors (Lipinski definition) is 1. The van der Waals surface area contributed by atoms with Gasteiger partial charge in [-0.05, 0) is 35.2 Å². The Balaban J connectivity index is 1.96. The Bertz CT molecular complexity index is 820. The van der Waals surface area contributed by atoms with Crippen LogP contribution in [-0.2, 0) is 6.61 Å². The van der Waals surface area contributed by atoms with Crippen LogP contribution in [0.5, 0.6) is 5.75 Å². The van der Waals surface area contributed by atoms with Crippen LogP contribution in [0.3, 0.4) is 0 Å². The Kier molecular flexibility index (Phi) is 4.11. The number of halogens is 1. The molecular formula is C18H13BrO3. The summed E-state index contributed by atoms with van der Waals surface area (Å²) in [6.45, 7) is 0.389. The molecule has 4 heteroatoms. The third kappa shape index (κ3) is 2.97. The van der Waals surface area contributed by atoms with Gasteiger partial charge in [-0.3, -0.25) is 0 Å². The molecule has 0 amide bonds. The van der Waals surface area contributed by atoms with Gasteiger partial charge in [0.1, 0.15) is 12.4 Å². The van der Waals surface area contributed by atoms with Gasteiger partial charge >= 0.3 is 5.97 Å². The first-order valence-electron chi connectivity index (χ1n) is 6.77. The van der Waals surface area contributed by atoms with Crippen LogP contribution in [0.1, 0.15) is 15.9 Å². The summed E-state index contributed by atoms with van der Waals surface area (Å²) in [4.78, 5) is 11.4. The second-order valence-corrected chi connectivity index (χ2v) is 5.80. The highest BCUT2D eigenvalue weighted by Crippen LogP contribution is 2.29. The van der Waals surface area contributed by atoms with E-state index in [0.717, 1.165) is 15.4 Å². The van der Waals surface area contributed by atoms with Gasteiger partial charge in [0.2, 0.25) is 0 Å². The topological polar surface area (TPSA) is 46.5 Å². The number of carboxylic acid groups (broad SMARTS) is 1. The normalized spacial score (nSPS) is 10.6. The number of ether oxygens (including phenoxy) is 1. The zero-order valence-corrected chi connectivity index (χ0v) is 13.2. The fraction of sp³-hybridized carbons (Fsp3) is 0.0556. The summed E-state index contributed by atoms with van der Waals surface area (Å²) < 4.78 is 6.87. The number of hydrogen-bond acceptors (Lipinski definition) is 2. The Labute approximate surface area is 136 Å². The maximum Gasteiger partial charge on any atom is 0.336 e. The summed E-state index contributed by atoms with van der Waals surface area (Å²) in [5.74, 6) is -0.372. The molecule has 0 fully saturated rings. The highest BCUT2D eigenvalue weighted by atomic mass is 79.9. The molecule has 0 saturated heterocycles. The standard InChI is InChI=1S/C18H13BrO3/c19-14-9-7-12(8-10-14)11-22-16-6-2-4-13-3-1-5-15(17(13)16)18(20)21/h1-10H,11H2,(H,20,21). The zero-order valence-electron chi connectivity index (χ0n) is 11.6. The van der Waals surface area contributed by atoms with Crippen molar-refractivity contribution in [2.45, 2.75) is 6.61 Å². The van der Waals surface area contributed by atoms with Crippen molar-refractivity contribution in [3.05, 3.63) is 76.3 Å². The molecule has 110 valence electrons. The van der Waals surface area contributed by atoms with E-state index in [1.54, 1.807) is 18.2 Å².